The zero-order valence-electron chi connectivity index (χ0n) is 74.9. The molecule has 7 amide bonds. The van der Waals surface area contributed by atoms with E-state index in [0.717, 1.165) is 81.6 Å². The van der Waals surface area contributed by atoms with Crippen molar-refractivity contribution in [3.8, 4) is 18.2 Å². The summed E-state index contributed by atoms with van der Waals surface area (Å²) in [4.78, 5) is 140. The Morgan fingerprint density at radius 1 is 0.436 bits per heavy atom. The topological polar surface area (TPSA) is 370 Å². The zero-order valence-corrected chi connectivity index (χ0v) is 79.4. The van der Waals surface area contributed by atoms with Gasteiger partial charge >= 0.3 is 5.97 Å². The van der Waals surface area contributed by atoms with Crippen molar-refractivity contribution < 1.29 is 47.9 Å². The number of amides is 7. The Morgan fingerprint density at radius 2 is 0.789 bits per heavy atom. The molecule has 12 heterocycles. The maximum absolute atomic E-state index is 12.5. The Labute approximate surface area is 804 Å². The molecule has 3 aromatic carbocycles. The molecule has 688 valence electrons. The first kappa shape index (κ1) is 103. The fraction of sp³-hybridized carbons (Fsp3) is 0.337. The summed E-state index contributed by atoms with van der Waals surface area (Å²) in [7, 11) is 0. The average Bonchev–Trinajstić information content (AvgIpc) is 1.05. The van der Waals surface area contributed by atoms with E-state index in [1.165, 1.54) is 78.5 Å². The highest BCUT2D eigenvalue weighted by Gasteiger charge is 2.55. The quantitative estimate of drug-likeness (QED) is 0.0190. The molecule has 6 aliphatic rings. The molecule has 5 saturated heterocycles. The molecule has 26 nitrogen and oxygen atoms in total. The van der Waals surface area contributed by atoms with Crippen molar-refractivity contribution in [2.24, 2.45) is 17.8 Å². The SMILES string of the molecule is CC(=O)c1ccc(Cl)nc1.CC1(c2ccc(Cl)nc2)C(C#N)C(=O)NC(=O)C1C#N.CC1(c2ccc(Cl)nc2)CC(=O)N(Cc2ccccc2)C(=O)C1.CC1(c2ccc(Cl)nc2)CC(=O)NC(=O)C1.CC1(c2ccc(Cl)nc2)CCN(Cc2ccccc2)CC1.CC1(c2ccc(NC(=O)C3CC3)nc2)CCN(Cc2ccccc2)CC1.CCOC(=O)/C(C#N)=C(\C)c1ccc(Cl)nc1. The standard InChI is InChI=1S/C22H27N3O.C18H17ClN2O2.C18H21ClN2.C13H9ClN4O2.C12H11ClN2O2.C11H11ClN2O2.C7H6ClNO/c1-22(11-13-25(14-12-22)16-17-5-3-2-4-6-17)19-9-10-20(23-15-19)24-21(26)18-7-8-18;1-18(14-7-8-15(19)20-11-14)9-16(22)21(17(23)10-18)12-13-5-3-2-4-6-13;1-18(16-7-8-17(19)20-13-16)9-11-21(12-10-18)14-15-5-3-2-4-6-15;1-13(7-2-3-10(14)17-6-7)8(4-15)11(19)18-12(20)9(13)5-16;1-3-17-12(16)10(6-14)8(2)9-4-5-11(13)15-7-9;1-11(4-9(15)14-10(16)5-11)7-2-3-8(12)13-6-7;1-5(10)6-2-3-7(8)9-4-6/h2-6,9-10,15,18H,7-8,11-14,16H2,1H3,(H,23,24,26);2-8,11H,9-10,12H2,1H3;2-8,13H,9-12,14H2,1H3;2-3,6,8-9H,1H3,(H,18,19,20);4-5,7H,3H2,1-2H3;2-3,6H,4-5H2,1H3,(H,14,15,16);2-4H,1H3/b;;;;10-8+;;. The number of piperidine rings is 5. The van der Waals surface area contributed by atoms with E-state index in [-0.39, 0.29) is 82.2 Å². The molecule has 0 radical (unpaired) electrons. The lowest BCUT2D eigenvalue weighted by molar-refractivity contribution is -0.151. The summed E-state index contributed by atoms with van der Waals surface area (Å²) in [5, 5.41) is 37.1. The molecular formula is C101H102Cl6N16O10. The van der Waals surface area contributed by atoms with E-state index >= 15 is 0 Å². The van der Waals surface area contributed by atoms with Crippen LogP contribution in [0.3, 0.4) is 0 Å². The number of anilines is 1. The van der Waals surface area contributed by atoms with Crippen molar-refractivity contribution >= 4 is 134 Å². The molecule has 2 unspecified atom stereocenters. The molecule has 2 atom stereocenters. The summed E-state index contributed by atoms with van der Waals surface area (Å²) >= 11 is 34.3. The Balaban J connectivity index is 0.000000163. The second-order valence-electron chi connectivity index (χ2n) is 34.4. The highest BCUT2D eigenvalue weighted by atomic mass is 35.5. The molecule has 133 heavy (non-hydrogen) atoms. The van der Waals surface area contributed by atoms with Gasteiger partial charge in [-0.3, -0.25) is 63.7 Å². The summed E-state index contributed by atoms with van der Waals surface area (Å²) in [5.74, 6) is -4.13. The van der Waals surface area contributed by atoms with Crippen molar-refractivity contribution in [2.75, 3.05) is 38.1 Å². The Morgan fingerprint density at radius 3 is 1.13 bits per heavy atom. The number of Topliss-reactive ketones (excluding diaryl/α,β-unsaturated/α-hetero) is 1. The number of rotatable bonds is 17. The van der Waals surface area contributed by atoms with E-state index in [1.807, 2.05) is 98.3 Å². The predicted octanol–water partition coefficient (Wildman–Crippen LogP) is 18.5. The lowest BCUT2D eigenvalue weighted by atomic mass is 9.62. The molecule has 5 aliphatic heterocycles. The Kier molecular flexibility index (Phi) is 36.9. The van der Waals surface area contributed by atoms with Crippen LogP contribution in [-0.4, -0.2) is 135 Å². The van der Waals surface area contributed by atoms with Crippen molar-refractivity contribution in [2.45, 2.75) is 166 Å². The van der Waals surface area contributed by atoms with Crippen molar-refractivity contribution in [3.05, 3.63) is 311 Å². The van der Waals surface area contributed by atoms with Gasteiger partial charge in [-0.25, -0.2) is 39.7 Å². The van der Waals surface area contributed by atoms with Gasteiger partial charge in [0.25, 0.3) is 0 Å². The number of nitrogens with zero attached hydrogens (tertiary/aromatic N) is 13. The first-order valence-electron chi connectivity index (χ1n) is 43.1. The van der Waals surface area contributed by atoms with Crippen LogP contribution in [0.1, 0.15) is 180 Å². The monoisotopic (exact) mass is 1910 g/mol. The number of carbonyl (C=O) groups is 9. The summed E-state index contributed by atoms with van der Waals surface area (Å²) in [6.45, 7) is 22.0. The number of hydrogen-bond acceptors (Lipinski definition) is 22. The number of nitriles is 3. The van der Waals surface area contributed by atoms with Crippen LogP contribution in [0.5, 0.6) is 0 Å². The number of esters is 1. The van der Waals surface area contributed by atoms with Crippen LogP contribution < -0.4 is 16.0 Å². The molecule has 6 fully saturated rings. The number of hydrogen-bond donors (Lipinski definition) is 3. The zero-order chi connectivity index (χ0) is 96.2. The number of aromatic nitrogens is 7. The molecule has 0 bridgehead atoms. The van der Waals surface area contributed by atoms with E-state index in [4.69, 9.17) is 79.6 Å². The van der Waals surface area contributed by atoms with Gasteiger partial charge in [-0.1, -0.05) is 232 Å². The first-order valence-corrected chi connectivity index (χ1v) is 45.4. The lowest BCUT2D eigenvalue weighted by Gasteiger charge is -2.39. The highest BCUT2D eigenvalue weighted by Crippen LogP contribution is 2.44. The number of likely N-dealkylation sites (tertiary alicyclic amines) is 3. The van der Waals surface area contributed by atoms with E-state index < -0.39 is 45.9 Å². The minimum absolute atomic E-state index is 0.00386. The third-order valence-corrected chi connectivity index (χ3v) is 25.8. The molecule has 0 spiro atoms. The van der Waals surface area contributed by atoms with Gasteiger partial charge in [0.1, 0.15) is 60.2 Å². The summed E-state index contributed by atoms with van der Waals surface area (Å²) in [6, 6.07) is 61.2. The molecule has 10 aromatic rings. The summed E-state index contributed by atoms with van der Waals surface area (Å²) in [5.41, 5.74) is 8.38. The molecule has 1 aliphatic carbocycles. The number of halogens is 6. The van der Waals surface area contributed by atoms with E-state index in [1.54, 1.807) is 74.8 Å². The van der Waals surface area contributed by atoms with E-state index in [0.29, 0.717) is 73.2 Å². The second-order valence-corrected chi connectivity index (χ2v) is 36.7. The number of ether oxygens (including phenoxy) is 1. The number of pyridine rings is 7. The number of allylic oxidation sites excluding steroid dienone is 1. The number of carbonyl (C=O) groups excluding carboxylic acids is 9. The molecule has 32 heteroatoms. The van der Waals surface area contributed by atoms with Gasteiger partial charge in [0.2, 0.25) is 41.4 Å². The highest BCUT2D eigenvalue weighted by molar-refractivity contribution is 6.31. The van der Waals surface area contributed by atoms with E-state index in [9.17, 15) is 53.7 Å². The van der Waals surface area contributed by atoms with Gasteiger partial charge in [-0.15, -0.1) is 0 Å². The summed E-state index contributed by atoms with van der Waals surface area (Å²) < 4.78 is 4.80. The third-order valence-electron chi connectivity index (χ3n) is 24.4. The van der Waals surface area contributed by atoms with Crippen LogP contribution in [0.4, 0.5) is 5.82 Å². The Hall–Kier alpha value is -12.4. The predicted molar refractivity (Wildman–Crippen MR) is 510 cm³/mol. The number of ketones is 1. The maximum Gasteiger partial charge on any atom is 0.349 e. The van der Waals surface area contributed by atoms with Gasteiger partial charge in [0, 0.05) is 110 Å². The van der Waals surface area contributed by atoms with Gasteiger partial charge in [-0.05, 0) is 200 Å². The van der Waals surface area contributed by atoms with Gasteiger partial charge in [0.15, 0.2) is 5.78 Å². The average molecular weight is 1910 g/mol. The van der Waals surface area contributed by atoms with Crippen LogP contribution in [0.15, 0.2) is 225 Å². The minimum atomic E-state index is -1.26. The normalized spacial score (nSPS) is 18.7. The van der Waals surface area contributed by atoms with Gasteiger partial charge in [0.05, 0.1) is 25.3 Å². The van der Waals surface area contributed by atoms with Crippen LogP contribution >= 0.6 is 69.6 Å². The lowest BCUT2D eigenvalue weighted by Crippen LogP contribution is -2.58. The number of benzene rings is 3. The number of nitrogens with one attached hydrogen (secondary N) is 3. The van der Waals surface area contributed by atoms with Crippen LogP contribution in [0.2, 0.25) is 30.9 Å². The van der Waals surface area contributed by atoms with Crippen LogP contribution in [0.25, 0.3) is 5.57 Å². The van der Waals surface area contributed by atoms with Gasteiger partial charge < -0.3 is 10.1 Å². The second kappa shape index (κ2) is 47.8. The van der Waals surface area contributed by atoms with E-state index in [2.05, 4.69) is 142 Å². The van der Waals surface area contributed by atoms with Crippen LogP contribution in [-0.2, 0) is 89.8 Å². The molecule has 3 N–H and O–H groups in total. The molecule has 7 aromatic heterocycles. The summed E-state index contributed by atoms with van der Waals surface area (Å²) in [6.07, 6.45) is 19.3. The smallest absolute Gasteiger partial charge is 0.349 e. The molecule has 16 rings (SSSR count). The van der Waals surface area contributed by atoms with Gasteiger partial charge in [-0.2, -0.15) is 15.8 Å². The largest absolute Gasteiger partial charge is 0.462 e. The third kappa shape index (κ3) is 28.8. The van der Waals surface area contributed by atoms with Crippen molar-refractivity contribution in [3.63, 3.8) is 0 Å². The number of imide groups is 3. The fourth-order valence-corrected chi connectivity index (χ4v) is 16.6. The fourth-order valence-electron chi connectivity index (χ4n) is 15.9. The Bertz CT molecular complexity index is 5810. The van der Waals surface area contributed by atoms with Crippen LogP contribution in [0, 0.1) is 51.7 Å². The van der Waals surface area contributed by atoms with Crippen molar-refractivity contribution in [1.29, 1.82) is 15.8 Å². The minimum Gasteiger partial charge on any atom is -0.462 e. The molecule has 1 saturated carbocycles. The first-order chi connectivity index (χ1) is 63.5. The molecular weight excluding hydrogens is 1810 g/mol. The maximum atomic E-state index is 12.5. The van der Waals surface area contributed by atoms with Crippen molar-refractivity contribution in [1.82, 2.24) is 60.2 Å².